The maximum Gasteiger partial charge on any atom is 0.258 e. The van der Waals surface area contributed by atoms with Gasteiger partial charge in [0.15, 0.2) is 5.11 Å². The van der Waals surface area contributed by atoms with Crippen LogP contribution in [-0.2, 0) is 0 Å². The minimum absolute atomic E-state index is 0.240. The second kappa shape index (κ2) is 8.69. The normalized spacial score (nSPS) is 14.7. The summed E-state index contributed by atoms with van der Waals surface area (Å²) in [6.07, 6.45) is 0. The molecule has 0 atom stereocenters. The van der Waals surface area contributed by atoms with Crippen molar-refractivity contribution in [3.63, 3.8) is 0 Å². The third-order valence-corrected chi connectivity index (χ3v) is 5.11. The van der Waals surface area contributed by atoms with Crippen LogP contribution in [0.2, 0.25) is 5.02 Å². The quantitative estimate of drug-likeness (QED) is 0.769. The van der Waals surface area contributed by atoms with Crippen LogP contribution in [0.1, 0.15) is 15.9 Å². The molecule has 1 heterocycles. The maximum absolute atomic E-state index is 12.3. The Labute approximate surface area is 170 Å². The predicted molar refractivity (Wildman–Crippen MR) is 116 cm³/mol. The number of anilines is 2. The number of likely N-dealkylation sites (N-methyl/N-ethyl adjacent to an activating group) is 1. The Kier molecular flexibility index (Phi) is 6.31. The third kappa shape index (κ3) is 5.19. The zero-order valence-corrected chi connectivity index (χ0v) is 17.0. The average molecular weight is 403 g/mol. The smallest absolute Gasteiger partial charge is 0.258 e. The molecule has 1 aliphatic heterocycles. The number of nitrogens with zero attached hydrogens (tertiary/aromatic N) is 2. The predicted octanol–water partition coefficient (Wildman–Crippen LogP) is 3.53. The number of carbonyl (C=O) groups is 1. The fourth-order valence-corrected chi connectivity index (χ4v) is 3.49. The number of rotatable bonds is 3. The molecule has 0 aliphatic carbocycles. The molecule has 0 radical (unpaired) electrons. The molecule has 27 heavy (non-hydrogen) atoms. The first-order valence-electron chi connectivity index (χ1n) is 8.84. The van der Waals surface area contributed by atoms with Gasteiger partial charge in [-0.05, 0) is 68.2 Å². The van der Waals surface area contributed by atoms with E-state index in [0.717, 1.165) is 37.4 Å². The molecule has 0 bridgehead atoms. The van der Waals surface area contributed by atoms with E-state index in [-0.39, 0.29) is 11.0 Å². The summed E-state index contributed by atoms with van der Waals surface area (Å²) in [7, 11) is 2.14. The zero-order valence-electron chi connectivity index (χ0n) is 15.5. The molecule has 1 fully saturated rings. The highest BCUT2D eigenvalue weighted by molar-refractivity contribution is 7.80. The number of carbonyl (C=O) groups excluding carboxylic acids is 1. The van der Waals surface area contributed by atoms with Crippen molar-refractivity contribution in [3.05, 3.63) is 58.6 Å². The van der Waals surface area contributed by atoms with Crippen molar-refractivity contribution in [1.29, 1.82) is 0 Å². The van der Waals surface area contributed by atoms with Crippen molar-refractivity contribution in [2.75, 3.05) is 43.4 Å². The minimum atomic E-state index is -0.327. The summed E-state index contributed by atoms with van der Waals surface area (Å²) in [5.74, 6) is -0.327. The van der Waals surface area contributed by atoms with E-state index in [4.69, 9.17) is 23.8 Å². The summed E-state index contributed by atoms with van der Waals surface area (Å²) in [4.78, 5) is 17.0. The van der Waals surface area contributed by atoms with E-state index in [0.29, 0.717) is 10.6 Å². The number of thiocarbonyl (C=S) groups is 1. The summed E-state index contributed by atoms with van der Waals surface area (Å²) in [5.41, 5.74) is 3.41. The number of nitrogens with one attached hydrogen (secondary N) is 2. The van der Waals surface area contributed by atoms with Gasteiger partial charge in [-0.2, -0.15) is 0 Å². The first-order chi connectivity index (χ1) is 12.9. The number of hydrogen-bond acceptors (Lipinski definition) is 4. The van der Waals surface area contributed by atoms with Crippen molar-refractivity contribution >= 4 is 46.2 Å². The first-order valence-corrected chi connectivity index (χ1v) is 9.63. The van der Waals surface area contributed by atoms with Crippen LogP contribution < -0.4 is 15.5 Å². The molecule has 142 valence electrons. The summed E-state index contributed by atoms with van der Waals surface area (Å²) < 4.78 is 0. The fraction of sp³-hybridized carbons (Fsp3) is 0.300. The Morgan fingerprint density at radius 3 is 2.37 bits per heavy atom. The molecule has 1 amide bonds. The third-order valence-electron chi connectivity index (χ3n) is 4.59. The topological polar surface area (TPSA) is 47.6 Å². The fourth-order valence-electron chi connectivity index (χ4n) is 2.96. The average Bonchev–Trinajstić information content (AvgIpc) is 2.63. The van der Waals surface area contributed by atoms with Crippen molar-refractivity contribution in [2.24, 2.45) is 0 Å². The van der Waals surface area contributed by atoms with Gasteiger partial charge in [0.25, 0.3) is 5.91 Å². The monoisotopic (exact) mass is 402 g/mol. The molecule has 0 saturated carbocycles. The van der Waals surface area contributed by atoms with E-state index in [1.54, 1.807) is 12.1 Å². The lowest BCUT2D eigenvalue weighted by Gasteiger charge is -2.34. The van der Waals surface area contributed by atoms with Gasteiger partial charge in [0.2, 0.25) is 0 Å². The van der Waals surface area contributed by atoms with Gasteiger partial charge in [0, 0.05) is 37.6 Å². The van der Waals surface area contributed by atoms with Gasteiger partial charge in [0.05, 0.1) is 10.6 Å². The van der Waals surface area contributed by atoms with E-state index >= 15 is 0 Å². The lowest BCUT2D eigenvalue weighted by molar-refractivity contribution is 0.0978. The molecule has 5 nitrogen and oxygen atoms in total. The van der Waals surface area contributed by atoms with Gasteiger partial charge in [-0.15, -0.1) is 0 Å². The van der Waals surface area contributed by atoms with Crippen LogP contribution in [0.4, 0.5) is 11.4 Å². The van der Waals surface area contributed by atoms with E-state index in [2.05, 4.69) is 39.6 Å². The highest BCUT2D eigenvalue weighted by Crippen LogP contribution is 2.20. The van der Waals surface area contributed by atoms with Crippen LogP contribution in [0.3, 0.4) is 0 Å². The van der Waals surface area contributed by atoms with Crippen molar-refractivity contribution in [3.8, 4) is 0 Å². The van der Waals surface area contributed by atoms with Gasteiger partial charge in [-0.1, -0.05) is 17.7 Å². The summed E-state index contributed by atoms with van der Waals surface area (Å²) in [6, 6.07) is 13.3. The van der Waals surface area contributed by atoms with Gasteiger partial charge < -0.3 is 15.1 Å². The molecular formula is C20H23ClN4OS. The SMILES string of the molecule is Cc1ccc(C(=O)NC(=S)Nc2ccc(N3CCN(C)CC3)cc2)c(Cl)c1. The first kappa shape index (κ1) is 19.6. The summed E-state index contributed by atoms with van der Waals surface area (Å²) >= 11 is 11.4. The molecule has 0 spiro atoms. The molecule has 0 aromatic heterocycles. The summed E-state index contributed by atoms with van der Waals surface area (Å²) in [6.45, 7) is 6.10. The number of piperazine rings is 1. The van der Waals surface area contributed by atoms with E-state index in [9.17, 15) is 4.79 Å². The second-order valence-electron chi connectivity index (χ2n) is 6.73. The molecular weight excluding hydrogens is 380 g/mol. The Bertz CT molecular complexity index is 832. The molecule has 2 aromatic rings. The van der Waals surface area contributed by atoms with Crippen LogP contribution in [0.5, 0.6) is 0 Å². The van der Waals surface area contributed by atoms with Gasteiger partial charge >= 0.3 is 0 Å². The number of halogens is 1. The van der Waals surface area contributed by atoms with E-state index in [1.807, 2.05) is 25.1 Å². The highest BCUT2D eigenvalue weighted by Gasteiger charge is 2.15. The lowest BCUT2D eigenvalue weighted by atomic mass is 10.1. The van der Waals surface area contributed by atoms with Crippen molar-refractivity contribution in [1.82, 2.24) is 10.2 Å². The molecule has 1 saturated heterocycles. The van der Waals surface area contributed by atoms with E-state index < -0.39 is 0 Å². The maximum atomic E-state index is 12.3. The Morgan fingerprint density at radius 1 is 1.07 bits per heavy atom. The molecule has 0 unspecified atom stereocenters. The van der Waals surface area contributed by atoms with Gasteiger partial charge in [0.1, 0.15) is 0 Å². The molecule has 2 N–H and O–H groups in total. The van der Waals surface area contributed by atoms with Crippen molar-refractivity contribution in [2.45, 2.75) is 6.92 Å². The second-order valence-corrected chi connectivity index (χ2v) is 7.54. The van der Waals surface area contributed by atoms with Crippen molar-refractivity contribution < 1.29 is 4.79 Å². The van der Waals surface area contributed by atoms with Crippen LogP contribution in [0.25, 0.3) is 0 Å². The Balaban J connectivity index is 1.57. The number of amides is 1. The number of benzene rings is 2. The summed E-state index contributed by atoms with van der Waals surface area (Å²) in [5, 5.41) is 6.36. The van der Waals surface area contributed by atoms with Crippen LogP contribution >= 0.6 is 23.8 Å². The lowest BCUT2D eigenvalue weighted by Crippen LogP contribution is -2.44. The molecule has 1 aliphatic rings. The minimum Gasteiger partial charge on any atom is -0.369 e. The van der Waals surface area contributed by atoms with Crippen LogP contribution in [0, 0.1) is 6.92 Å². The van der Waals surface area contributed by atoms with Gasteiger partial charge in [-0.3, -0.25) is 10.1 Å². The van der Waals surface area contributed by atoms with Gasteiger partial charge in [-0.25, -0.2) is 0 Å². The standard InChI is InChI=1S/C20H23ClN4OS/c1-14-3-8-17(18(21)13-14)19(26)23-20(27)22-15-4-6-16(7-5-15)25-11-9-24(2)10-12-25/h3-8,13H,9-12H2,1-2H3,(H2,22,23,26,27). The molecule has 3 rings (SSSR count). The van der Waals surface area contributed by atoms with Crippen LogP contribution in [-0.4, -0.2) is 49.1 Å². The largest absolute Gasteiger partial charge is 0.369 e. The number of hydrogen-bond donors (Lipinski definition) is 2. The molecule has 2 aromatic carbocycles. The number of aryl methyl sites for hydroxylation is 1. The molecule has 7 heteroatoms. The van der Waals surface area contributed by atoms with Crippen LogP contribution in [0.15, 0.2) is 42.5 Å². The van der Waals surface area contributed by atoms with E-state index in [1.165, 1.54) is 5.69 Å². The Morgan fingerprint density at radius 2 is 1.74 bits per heavy atom. The highest BCUT2D eigenvalue weighted by atomic mass is 35.5. The zero-order chi connectivity index (χ0) is 19.4. The Hall–Kier alpha value is -2.15.